The number of carbonyl (C=O) groups is 2. The number of carbonyl (C=O) groups excluding carboxylic acids is 2. The number of ketones is 1. The second kappa shape index (κ2) is 7.67. The van der Waals surface area contributed by atoms with Crippen LogP contribution < -0.4 is 0 Å². The van der Waals surface area contributed by atoms with E-state index in [1.807, 2.05) is 0 Å². The summed E-state index contributed by atoms with van der Waals surface area (Å²) in [4.78, 5) is 32.6. The number of aromatic amines is 1. The maximum absolute atomic E-state index is 13.9. The van der Waals surface area contributed by atoms with Crippen LogP contribution in [0.3, 0.4) is 0 Å². The molecule has 1 aromatic heterocycles. The molecule has 4 heterocycles. The maximum Gasteiger partial charge on any atom is 0.319 e. The van der Waals surface area contributed by atoms with Crippen molar-refractivity contribution >= 4 is 22.7 Å². The summed E-state index contributed by atoms with van der Waals surface area (Å²) in [6.45, 7) is 10.3. The molecule has 6 atom stereocenters. The van der Waals surface area contributed by atoms with Crippen LogP contribution >= 0.6 is 0 Å². The summed E-state index contributed by atoms with van der Waals surface area (Å²) in [6, 6.07) is 8.41. The number of nitrogens with one attached hydrogen (secondary N) is 1. The molecule has 1 saturated heterocycles. The number of H-pyrrole nitrogens is 1. The van der Waals surface area contributed by atoms with Gasteiger partial charge >= 0.3 is 5.97 Å². The molecule has 184 valence electrons. The van der Waals surface area contributed by atoms with Crippen LogP contribution in [0.1, 0.15) is 58.2 Å². The van der Waals surface area contributed by atoms with Gasteiger partial charge in [0.25, 0.3) is 0 Å². The lowest BCUT2D eigenvalue weighted by atomic mass is 9.54. The van der Waals surface area contributed by atoms with Gasteiger partial charge in [0.2, 0.25) is 0 Å². The Morgan fingerprint density at radius 1 is 1.23 bits per heavy atom. The largest absolute Gasteiger partial charge is 0.468 e. The quantitative estimate of drug-likeness (QED) is 0.496. The summed E-state index contributed by atoms with van der Waals surface area (Å²) in [5, 5.41) is 1.23. The molecule has 5 nitrogen and oxygen atoms in total. The lowest BCUT2D eigenvalue weighted by Crippen LogP contribution is -2.65. The molecule has 2 aromatic rings. The molecule has 0 amide bonds. The number of allylic oxidation sites excluding steroid dienone is 2. The SMILES string of the molecule is CCC1=C(C2(C)C=C(C)C(C(C)=O)C2)C2CN3CCc4c([nH]c5ccccc45)C(C(=O)OC)(C2)C13. The number of para-hydroxylation sites is 1. The zero-order valence-electron chi connectivity index (χ0n) is 21.5. The zero-order valence-corrected chi connectivity index (χ0v) is 21.5. The first-order valence-corrected chi connectivity index (χ1v) is 13.1. The monoisotopic (exact) mass is 472 g/mol. The first-order chi connectivity index (χ1) is 16.7. The summed E-state index contributed by atoms with van der Waals surface area (Å²) in [6.07, 6.45) is 5.79. The minimum absolute atomic E-state index is 0.00326. The number of esters is 1. The van der Waals surface area contributed by atoms with Gasteiger partial charge in [0.05, 0.1) is 13.2 Å². The minimum Gasteiger partial charge on any atom is -0.468 e. The van der Waals surface area contributed by atoms with Crippen molar-refractivity contribution in [1.29, 1.82) is 0 Å². The predicted octanol–water partition coefficient (Wildman–Crippen LogP) is 5.11. The highest BCUT2D eigenvalue weighted by molar-refractivity contribution is 5.92. The first kappa shape index (κ1) is 22.8. The number of ether oxygens (including phenoxy) is 1. The molecule has 3 aliphatic heterocycles. The molecule has 1 fully saturated rings. The third-order valence-electron chi connectivity index (χ3n) is 9.61. The van der Waals surface area contributed by atoms with Crippen LogP contribution in [0, 0.1) is 17.3 Å². The topological polar surface area (TPSA) is 62.4 Å². The van der Waals surface area contributed by atoms with E-state index >= 15 is 0 Å². The van der Waals surface area contributed by atoms with E-state index < -0.39 is 5.41 Å². The lowest BCUT2D eigenvalue weighted by molar-refractivity contribution is -0.154. The van der Waals surface area contributed by atoms with E-state index in [4.69, 9.17) is 4.74 Å². The number of nitrogens with zero attached hydrogens (tertiary/aromatic N) is 1. The Bertz CT molecular complexity index is 1320. The van der Waals surface area contributed by atoms with Crippen molar-refractivity contribution in [3.05, 3.63) is 58.3 Å². The predicted molar refractivity (Wildman–Crippen MR) is 137 cm³/mol. The number of hydrogen-bond donors (Lipinski definition) is 1. The second-order valence-electron chi connectivity index (χ2n) is 11.5. The molecule has 0 spiro atoms. The second-order valence-corrected chi connectivity index (χ2v) is 11.5. The average molecular weight is 473 g/mol. The van der Waals surface area contributed by atoms with Crippen molar-refractivity contribution < 1.29 is 14.3 Å². The molecule has 5 heteroatoms. The Balaban J connectivity index is 1.59. The fourth-order valence-corrected chi connectivity index (χ4v) is 8.54. The van der Waals surface area contributed by atoms with Crippen LogP contribution in [0.25, 0.3) is 10.9 Å². The first-order valence-electron chi connectivity index (χ1n) is 13.1. The molecule has 0 saturated carbocycles. The van der Waals surface area contributed by atoms with Crippen molar-refractivity contribution in [2.75, 3.05) is 20.2 Å². The summed E-state index contributed by atoms with van der Waals surface area (Å²) < 4.78 is 5.61. The number of hydrogen-bond acceptors (Lipinski definition) is 4. The van der Waals surface area contributed by atoms with E-state index in [2.05, 4.69) is 61.0 Å². The summed E-state index contributed by atoms with van der Waals surface area (Å²) >= 11 is 0. The van der Waals surface area contributed by atoms with Gasteiger partial charge in [-0.05, 0) is 57.1 Å². The summed E-state index contributed by atoms with van der Waals surface area (Å²) in [5.41, 5.74) is 6.65. The van der Waals surface area contributed by atoms with Crippen LogP contribution in [0.5, 0.6) is 0 Å². The lowest BCUT2D eigenvalue weighted by Gasteiger charge is -2.58. The summed E-state index contributed by atoms with van der Waals surface area (Å²) in [7, 11) is 1.54. The van der Waals surface area contributed by atoms with Gasteiger partial charge in [-0.15, -0.1) is 0 Å². The minimum atomic E-state index is -0.731. The zero-order chi connectivity index (χ0) is 24.7. The number of methoxy groups -OCH3 is 1. The van der Waals surface area contributed by atoms with Crippen molar-refractivity contribution in [2.24, 2.45) is 17.3 Å². The van der Waals surface area contributed by atoms with Crippen LogP contribution in [0.4, 0.5) is 0 Å². The Labute approximate surface area is 207 Å². The Hall–Kier alpha value is -2.66. The molecule has 1 N–H and O–H groups in total. The molecule has 4 bridgehead atoms. The van der Waals surface area contributed by atoms with Crippen LogP contribution in [-0.2, 0) is 26.2 Å². The third kappa shape index (κ3) is 2.91. The fraction of sp³-hybridized carbons (Fsp3) is 0.533. The van der Waals surface area contributed by atoms with E-state index in [-0.39, 0.29) is 35.0 Å². The van der Waals surface area contributed by atoms with Crippen molar-refractivity contribution in [1.82, 2.24) is 9.88 Å². The van der Waals surface area contributed by atoms with E-state index in [1.54, 1.807) is 6.92 Å². The van der Waals surface area contributed by atoms with Gasteiger partial charge < -0.3 is 9.72 Å². The van der Waals surface area contributed by atoms with Gasteiger partial charge in [-0.3, -0.25) is 14.5 Å². The van der Waals surface area contributed by atoms with E-state index in [1.165, 1.54) is 34.8 Å². The summed E-state index contributed by atoms with van der Waals surface area (Å²) in [5.74, 6) is 0.393. The highest BCUT2D eigenvalue weighted by Gasteiger charge is 2.64. The van der Waals surface area contributed by atoms with Crippen LogP contribution in [0.15, 0.2) is 47.1 Å². The van der Waals surface area contributed by atoms with Gasteiger partial charge in [-0.2, -0.15) is 0 Å². The number of piperidine rings is 1. The number of aromatic nitrogens is 1. The molecule has 5 aliphatic rings. The van der Waals surface area contributed by atoms with Crippen molar-refractivity contribution in [3.8, 4) is 0 Å². The number of rotatable bonds is 4. The molecule has 0 radical (unpaired) electrons. The van der Waals surface area contributed by atoms with Crippen molar-refractivity contribution in [2.45, 2.75) is 64.8 Å². The Morgan fingerprint density at radius 3 is 2.69 bits per heavy atom. The normalized spacial score (nSPS) is 35.6. The van der Waals surface area contributed by atoms with E-state index in [9.17, 15) is 9.59 Å². The molecule has 7 rings (SSSR count). The van der Waals surface area contributed by atoms with Crippen molar-refractivity contribution in [3.63, 3.8) is 0 Å². The highest BCUT2D eigenvalue weighted by Crippen LogP contribution is 2.61. The maximum atomic E-state index is 13.9. The number of benzene rings is 1. The highest BCUT2D eigenvalue weighted by atomic mass is 16.5. The molecular formula is C30H36N2O3. The third-order valence-corrected chi connectivity index (χ3v) is 9.61. The molecule has 35 heavy (non-hydrogen) atoms. The van der Waals surface area contributed by atoms with Gasteiger partial charge in [0, 0.05) is 41.0 Å². The van der Waals surface area contributed by atoms with E-state index in [0.29, 0.717) is 0 Å². The fourth-order valence-electron chi connectivity index (χ4n) is 8.54. The Kier molecular flexibility index (Phi) is 4.99. The van der Waals surface area contributed by atoms with Crippen LogP contribution in [-0.4, -0.2) is 47.9 Å². The molecule has 6 unspecified atom stereocenters. The number of fused-ring (bicyclic) bond motifs is 3. The number of Topliss-reactive ketones (excluding diaryl/α,β-unsaturated/α-hetero) is 1. The average Bonchev–Trinajstić information content (AvgIpc) is 3.36. The molecule has 1 aromatic carbocycles. The van der Waals surface area contributed by atoms with Gasteiger partial charge in [-0.1, -0.05) is 54.8 Å². The van der Waals surface area contributed by atoms with Gasteiger partial charge in [0.15, 0.2) is 0 Å². The van der Waals surface area contributed by atoms with Gasteiger partial charge in [-0.25, -0.2) is 0 Å². The standard InChI is InChI=1S/C30H36N2O3/c1-6-20-25(29(4)13-17(2)23(15-29)18(3)33)19-14-30(28(34)35-5)26-22(11-12-32(16-19)27(20)30)21-9-7-8-10-24(21)31-26/h7-10,13,19,23,27,31H,6,11-12,14-16H2,1-5H3. The smallest absolute Gasteiger partial charge is 0.319 e. The molecular weight excluding hydrogens is 436 g/mol. The Morgan fingerprint density at radius 2 is 2.00 bits per heavy atom. The van der Waals surface area contributed by atoms with E-state index in [0.717, 1.165) is 50.0 Å². The van der Waals surface area contributed by atoms with Gasteiger partial charge in [0.1, 0.15) is 11.2 Å². The molecule has 2 aliphatic carbocycles. The van der Waals surface area contributed by atoms with Crippen LogP contribution in [0.2, 0.25) is 0 Å².